The molecule has 0 spiro atoms. The van der Waals surface area contributed by atoms with Gasteiger partial charge in [0, 0.05) is 40.7 Å². The van der Waals surface area contributed by atoms with Crippen LogP contribution < -0.4 is 0 Å². The average Bonchev–Trinajstić information content (AvgIpc) is 3.47. The monoisotopic (exact) mass is 395 g/mol. The molecule has 1 aromatic carbocycles. The second kappa shape index (κ2) is 7.01. The lowest BCUT2D eigenvalue weighted by Crippen LogP contribution is -2.26. The van der Waals surface area contributed by atoms with Crippen molar-refractivity contribution in [2.45, 2.75) is 39.3 Å². The average molecular weight is 396 g/mol. The number of Topliss-reactive ketones (excluding diaryl/α,β-unsaturated/α-hetero) is 1. The van der Waals surface area contributed by atoms with Crippen LogP contribution in [0.25, 0.3) is 21.1 Å². The molecule has 5 nitrogen and oxygen atoms in total. The van der Waals surface area contributed by atoms with Crippen LogP contribution >= 0.6 is 11.3 Å². The van der Waals surface area contributed by atoms with Gasteiger partial charge in [0.15, 0.2) is 18.3 Å². The summed E-state index contributed by atoms with van der Waals surface area (Å²) in [6.45, 7) is 9.22. The third-order valence-corrected chi connectivity index (χ3v) is 7.40. The van der Waals surface area contributed by atoms with Crippen LogP contribution in [0.5, 0.6) is 0 Å². The number of aryl methyl sites for hydroxylation is 1. The molecule has 0 N–H and O–H groups in total. The van der Waals surface area contributed by atoms with Crippen molar-refractivity contribution in [1.82, 2.24) is 9.47 Å². The number of ketones is 1. The summed E-state index contributed by atoms with van der Waals surface area (Å²) >= 11 is 1.81. The molecule has 3 heterocycles. The molecule has 0 saturated heterocycles. The lowest BCUT2D eigenvalue weighted by Gasteiger charge is -2.19. The highest BCUT2D eigenvalue weighted by Crippen LogP contribution is 2.42. The molecule has 0 radical (unpaired) electrons. The number of ether oxygens (including phenoxy) is 1. The van der Waals surface area contributed by atoms with E-state index < -0.39 is 0 Å². The molecular weight excluding hydrogens is 370 g/mol. The summed E-state index contributed by atoms with van der Waals surface area (Å²) in [4.78, 5) is 21.5. The first-order valence-corrected chi connectivity index (χ1v) is 11.0. The highest BCUT2D eigenvalue weighted by Gasteiger charge is 2.27. The van der Waals surface area contributed by atoms with E-state index in [0.717, 1.165) is 38.2 Å². The quantitative estimate of drug-likeness (QED) is 0.620. The molecule has 28 heavy (non-hydrogen) atoms. The molecule has 0 amide bonds. The zero-order valence-corrected chi connectivity index (χ0v) is 17.2. The van der Waals surface area contributed by atoms with Crippen molar-refractivity contribution in [3.63, 3.8) is 0 Å². The zero-order chi connectivity index (χ0) is 19.3. The van der Waals surface area contributed by atoms with Crippen LogP contribution in [-0.2, 0) is 17.7 Å². The molecule has 0 fully saturated rings. The van der Waals surface area contributed by atoms with Crippen LogP contribution in [0.4, 0.5) is 0 Å². The number of aliphatic imine (C=N–C) groups is 1. The van der Waals surface area contributed by atoms with E-state index in [9.17, 15) is 4.79 Å². The van der Waals surface area contributed by atoms with Gasteiger partial charge >= 0.3 is 0 Å². The third-order valence-electron chi connectivity index (χ3n) is 6.15. The van der Waals surface area contributed by atoms with Crippen LogP contribution in [-0.4, -0.2) is 47.8 Å². The first kappa shape index (κ1) is 17.9. The summed E-state index contributed by atoms with van der Waals surface area (Å²) in [6, 6.07) is 6.47. The fourth-order valence-electron chi connectivity index (χ4n) is 4.56. The smallest absolute Gasteiger partial charge is 0.170 e. The fraction of sp³-hybridized carbons (Fsp3) is 0.455. The molecule has 1 atom stereocenters. The number of thiophene rings is 1. The van der Waals surface area contributed by atoms with Crippen molar-refractivity contribution < 1.29 is 9.53 Å². The van der Waals surface area contributed by atoms with E-state index in [1.165, 1.54) is 31.6 Å². The molecule has 2 aliphatic rings. The zero-order valence-electron chi connectivity index (χ0n) is 16.4. The van der Waals surface area contributed by atoms with Crippen LogP contribution in [0.1, 0.15) is 47.2 Å². The predicted molar refractivity (Wildman–Crippen MR) is 115 cm³/mol. The van der Waals surface area contributed by atoms with Gasteiger partial charge in [-0.15, -0.1) is 11.3 Å². The van der Waals surface area contributed by atoms with Gasteiger partial charge in [-0.25, -0.2) is 0 Å². The Morgan fingerprint density at radius 1 is 1.29 bits per heavy atom. The molecule has 0 saturated carbocycles. The van der Waals surface area contributed by atoms with Crippen molar-refractivity contribution in [3.8, 4) is 0 Å². The number of hydrogen-bond acceptors (Lipinski definition) is 5. The number of fused-ring (bicyclic) bond motifs is 5. The Bertz CT molecular complexity index is 1080. The molecule has 6 heteroatoms. The minimum atomic E-state index is 0.0297. The van der Waals surface area contributed by atoms with Crippen LogP contribution in [0.3, 0.4) is 0 Å². The van der Waals surface area contributed by atoms with Gasteiger partial charge in [0.1, 0.15) is 4.83 Å². The second-order valence-corrected chi connectivity index (χ2v) is 8.61. The topological polar surface area (TPSA) is 46.8 Å². The standard InChI is InChI=1S/C22H25N3O2S/c1-3-24(4-2)9-10-25-17-7-5-14-15(6-8-18(14)26)21(17)16-11-20(28-22(16)25)19-12-23-13-27-19/h5,7,11,13,19H,3-4,6,8-10,12H2,1-2H3. The molecule has 1 aliphatic heterocycles. The Kier molecular flexibility index (Phi) is 4.48. The number of carbonyl (C=O) groups excluding carboxylic acids is 1. The van der Waals surface area contributed by atoms with E-state index in [1.807, 2.05) is 17.4 Å². The van der Waals surface area contributed by atoms with E-state index in [0.29, 0.717) is 13.0 Å². The normalized spacial score (nSPS) is 18.7. The molecule has 1 unspecified atom stereocenters. The van der Waals surface area contributed by atoms with Crippen molar-refractivity contribution in [3.05, 3.63) is 34.2 Å². The number of aromatic nitrogens is 1. The highest BCUT2D eigenvalue weighted by atomic mass is 32.1. The molecule has 1 aliphatic carbocycles. The second-order valence-electron chi connectivity index (χ2n) is 7.55. The number of benzene rings is 1. The number of nitrogens with zero attached hydrogens (tertiary/aromatic N) is 3. The number of carbonyl (C=O) groups is 1. The minimum Gasteiger partial charge on any atom is -0.473 e. The Hall–Kier alpha value is -2.18. The largest absolute Gasteiger partial charge is 0.473 e. The van der Waals surface area contributed by atoms with Gasteiger partial charge in [-0.1, -0.05) is 13.8 Å². The molecular formula is C22H25N3O2S. The maximum atomic E-state index is 12.3. The predicted octanol–water partition coefficient (Wildman–Crippen LogP) is 4.43. The summed E-state index contributed by atoms with van der Waals surface area (Å²) in [5.41, 5.74) is 3.42. The Balaban J connectivity index is 1.67. The van der Waals surface area contributed by atoms with Crippen LogP contribution in [0.15, 0.2) is 23.2 Å². The summed E-state index contributed by atoms with van der Waals surface area (Å²) in [7, 11) is 0. The van der Waals surface area contributed by atoms with Crippen LogP contribution in [0, 0.1) is 0 Å². The molecule has 146 valence electrons. The van der Waals surface area contributed by atoms with Gasteiger partial charge in [-0.3, -0.25) is 9.79 Å². The maximum Gasteiger partial charge on any atom is 0.170 e. The summed E-state index contributed by atoms with van der Waals surface area (Å²) in [6.07, 6.45) is 3.09. The Morgan fingerprint density at radius 3 is 2.89 bits per heavy atom. The fourth-order valence-corrected chi connectivity index (χ4v) is 5.79. The third kappa shape index (κ3) is 2.70. The van der Waals surface area contributed by atoms with Gasteiger partial charge in [0.25, 0.3) is 0 Å². The van der Waals surface area contributed by atoms with Gasteiger partial charge in [-0.05, 0) is 43.3 Å². The van der Waals surface area contributed by atoms with E-state index in [2.05, 4.69) is 40.4 Å². The van der Waals surface area contributed by atoms with E-state index >= 15 is 0 Å². The summed E-state index contributed by atoms with van der Waals surface area (Å²) in [5, 5.41) is 2.55. The SMILES string of the molecule is CCN(CC)CCn1c2ccc3c(c2c2cc(C4CN=CO4)sc21)CCC3=O. The first-order valence-electron chi connectivity index (χ1n) is 10.2. The van der Waals surface area contributed by atoms with Crippen molar-refractivity contribution in [2.24, 2.45) is 4.99 Å². The molecule has 0 bridgehead atoms. The van der Waals surface area contributed by atoms with Crippen molar-refractivity contribution >= 4 is 44.6 Å². The lowest BCUT2D eigenvalue weighted by molar-refractivity contribution is 0.0994. The maximum absolute atomic E-state index is 12.3. The summed E-state index contributed by atoms with van der Waals surface area (Å²) < 4.78 is 8.13. The van der Waals surface area contributed by atoms with E-state index in [4.69, 9.17) is 4.74 Å². The van der Waals surface area contributed by atoms with Crippen molar-refractivity contribution in [2.75, 3.05) is 26.2 Å². The number of likely N-dealkylation sites (N-methyl/N-ethyl adjacent to an activating group) is 1. The molecule has 5 rings (SSSR count). The number of hydrogen-bond donors (Lipinski definition) is 0. The lowest BCUT2D eigenvalue weighted by atomic mass is 10.0. The Morgan fingerprint density at radius 2 is 2.14 bits per heavy atom. The van der Waals surface area contributed by atoms with E-state index in [-0.39, 0.29) is 11.9 Å². The van der Waals surface area contributed by atoms with Crippen LogP contribution in [0.2, 0.25) is 0 Å². The minimum absolute atomic E-state index is 0.0297. The first-order chi connectivity index (χ1) is 13.7. The molecule has 3 aromatic rings. The van der Waals surface area contributed by atoms with Crippen molar-refractivity contribution in [1.29, 1.82) is 0 Å². The Labute approximate surface area is 168 Å². The van der Waals surface area contributed by atoms with Gasteiger partial charge in [-0.2, -0.15) is 0 Å². The molecule has 2 aromatic heterocycles. The van der Waals surface area contributed by atoms with Gasteiger partial charge in [0.05, 0.1) is 12.1 Å². The van der Waals surface area contributed by atoms with E-state index in [1.54, 1.807) is 6.40 Å². The highest BCUT2D eigenvalue weighted by molar-refractivity contribution is 7.19. The summed E-state index contributed by atoms with van der Waals surface area (Å²) in [5.74, 6) is 0.281. The van der Waals surface area contributed by atoms with Gasteiger partial charge < -0.3 is 14.2 Å². The van der Waals surface area contributed by atoms with Gasteiger partial charge in [0.2, 0.25) is 0 Å². The number of rotatable bonds is 6.